The number of aromatic carboxylic acids is 1. The molecule has 0 saturated heterocycles. The lowest BCUT2D eigenvalue weighted by atomic mass is 10.2. The highest BCUT2D eigenvalue weighted by molar-refractivity contribution is 7.07. The van der Waals surface area contributed by atoms with Gasteiger partial charge in [-0.05, 0) is 18.2 Å². The van der Waals surface area contributed by atoms with E-state index < -0.39 is 5.97 Å². The van der Waals surface area contributed by atoms with Gasteiger partial charge in [0.1, 0.15) is 11.6 Å². The van der Waals surface area contributed by atoms with Gasteiger partial charge in [0, 0.05) is 17.5 Å². The van der Waals surface area contributed by atoms with Crippen molar-refractivity contribution in [1.29, 1.82) is 0 Å². The first-order valence-corrected chi connectivity index (χ1v) is 6.67. The number of carboxylic acid groups (broad SMARTS) is 1. The molecule has 0 aliphatic carbocycles. The Morgan fingerprint density at radius 3 is 2.79 bits per heavy atom. The topological polar surface area (TPSA) is 72.3 Å². The molecule has 0 unspecified atom stereocenters. The van der Waals surface area contributed by atoms with E-state index in [1.807, 2.05) is 13.8 Å². The highest BCUT2D eigenvalue weighted by atomic mass is 35.5. The molecule has 0 bridgehead atoms. The molecule has 0 amide bonds. The van der Waals surface area contributed by atoms with Gasteiger partial charge in [-0.2, -0.15) is 9.36 Å². The van der Waals surface area contributed by atoms with Crippen LogP contribution in [0.25, 0.3) is 0 Å². The first-order valence-electron chi connectivity index (χ1n) is 5.51. The maximum atomic E-state index is 11.0. The molecule has 0 atom stereocenters. The van der Waals surface area contributed by atoms with Crippen LogP contribution >= 0.6 is 23.1 Å². The first-order chi connectivity index (χ1) is 8.97. The number of aromatic nitrogens is 2. The predicted molar refractivity (Wildman–Crippen MR) is 72.5 cm³/mol. The van der Waals surface area contributed by atoms with Crippen LogP contribution in [-0.2, 0) is 0 Å². The van der Waals surface area contributed by atoms with Crippen LogP contribution in [-0.4, -0.2) is 20.4 Å². The molecule has 5 nitrogen and oxygen atoms in total. The van der Waals surface area contributed by atoms with Crippen LogP contribution in [0.1, 0.15) is 35.9 Å². The summed E-state index contributed by atoms with van der Waals surface area (Å²) < 4.78 is 9.63. The molecule has 100 valence electrons. The van der Waals surface area contributed by atoms with Crippen LogP contribution in [0.15, 0.2) is 18.2 Å². The Morgan fingerprint density at radius 2 is 2.21 bits per heavy atom. The number of hydrogen-bond donors (Lipinski definition) is 1. The van der Waals surface area contributed by atoms with E-state index in [0.717, 1.165) is 11.5 Å². The van der Waals surface area contributed by atoms with Crippen LogP contribution in [0.3, 0.4) is 0 Å². The lowest BCUT2D eigenvalue weighted by Crippen LogP contribution is -1.98. The Hall–Kier alpha value is -1.66. The molecule has 1 N–H and O–H groups in total. The summed E-state index contributed by atoms with van der Waals surface area (Å²) in [6.07, 6.45) is 0. The molecule has 0 saturated carbocycles. The Kier molecular flexibility index (Phi) is 4.01. The fourth-order valence-corrected chi connectivity index (χ4v) is 2.22. The summed E-state index contributed by atoms with van der Waals surface area (Å²) in [6.45, 7) is 3.97. The van der Waals surface area contributed by atoms with E-state index in [1.54, 1.807) is 6.07 Å². The van der Waals surface area contributed by atoms with Gasteiger partial charge < -0.3 is 9.84 Å². The summed E-state index contributed by atoms with van der Waals surface area (Å²) in [6, 6.07) is 4.43. The third kappa shape index (κ3) is 3.21. The van der Waals surface area contributed by atoms with Crippen molar-refractivity contribution in [3.05, 3.63) is 34.6 Å². The van der Waals surface area contributed by atoms with Crippen molar-refractivity contribution in [2.24, 2.45) is 0 Å². The number of hydrogen-bond acceptors (Lipinski definition) is 5. The van der Waals surface area contributed by atoms with Gasteiger partial charge in [0.05, 0.1) is 10.6 Å². The molecule has 2 aromatic rings. The van der Waals surface area contributed by atoms with Crippen LogP contribution < -0.4 is 4.74 Å². The molecule has 1 aromatic carbocycles. The first kappa shape index (κ1) is 13.8. The molecule has 1 aromatic heterocycles. The second-order valence-corrected chi connectivity index (χ2v) is 5.24. The summed E-state index contributed by atoms with van der Waals surface area (Å²) >= 11 is 6.91. The lowest BCUT2D eigenvalue weighted by Gasteiger charge is -2.04. The third-order valence-electron chi connectivity index (χ3n) is 2.31. The van der Waals surface area contributed by atoms with Gasteiger partial charge in [0.15, 0.2) is 0 Å². The minimum absolute atomic E-state index is 0.00670. The zero-order chi connectivity index (χ0) is 14.0. The summed E-state index contributed by atoms with van der Waals surface area (Å²) in [5.74, 6) is 0.185. The molecule has 1 heterocycles. The number of ether oxygens (including phenoxy) is 1. The monoisotopic (exact) mass is 298 g/mol. The Morgan fingerprint density at radius 1 is 1.47 bits per heavy atom. The SMILES string of the molecule is CC(C)c1nsc(Oc2ccc(Cl)c(C(=O)O)c2)n1. The average Bonchev–Trinajstić information content (AvgIpc) is 2.80. The number of benzene rings is 1. The zero-order valence-corrected chi connectivity index (χ0v) is 11.8. The standard InChI is InChI=1S/C12H11ClN2O3S/c1-6(2)10-14-12(19-15-10)18-7-3-4-9(13)8(5-7)11(16)17/h3-6H,1-2H3,(H,16,17). The van der Waals surface area contributed by atoms with Crippen LogP contribution in [0.5, 0.6) is 10.9 Å². The molecule has 19 heavy (non-hydrogen) atoms. The van der Waals surface area contributed by atoms with Crippen molar-refractivity contribution in [3.8, 4) is 10.9 Å². The summed E-state index contributed by atoms with van der Waals surface area (Å²) in [7, 11) is 0. The Bertz CT molecular complexity index is 613. The largest absolute Gasteiger partial charge is 0.478 e. The molecule has 2 rings (SSSR count). The van der Waals surface area contributed by atoms with Gasteiger partial charge >= 0.3 is 5.97 Å². The summed E-state index contributed by atoms with van der Waals surface area (Å²) in [5, 5.41) is 9.51. The van der Waals surface area contributed by atoms with Gasteiger partial charge in [-0.25, -0.2) is 4.79 Å². The molecule has 0 aliphatic heterocycles. The van der Waals surface area contributed by atoms with Crippen molar-refractivity contribution < 1.29 is 14.6 Å². The summed E-state index contributed by atoms with van der Waals surface area (Å²) in [5.41, 5.74) is -0.00670. The molecule has 0 radical (unpaired) electrons. The van der Waals surface area contributed by atoms with Gasteiger partial charge in [0.25, 0.3) is 5.19 Å². The molecule has 0 aliphatic rings. The predicted octanol–water partition coefficient (Wildman–Crippen LogP) is 3.81. The molecule has 7 heteroatoms. The smallest absolute Gasteiger partial charge is 0.337 e. The quantitative estimate of drug-likeness (QED) is 0.929. The van der Waals surface area contributed by atoms with Gasteiger partial charge in [-0.3, -0.25) is 0 Å². The number of rotatable bonds is 4. The number of carbonyl (C=O) groups is 1. The summed E-state index contributed by atoms with van der Waals surface area (Å²) in [4.78, 5) is 15.2. The van der Waals surface area contributed by atoms with Crippen molar-refractivity contribution in [3.63, 3.8) is 0 Å². The van der Waals surface area contributed by atoms with Crippen molar-refractivity contribution in [2.75, 3.05) is 0 Å². The Balaban J connectivity index is 2.23. The maximum absolute atomic E-state index is 11.0. The molecular weight excluding hydrogens is 288 g/mol. The minimum Gasteiger partial charge on any atom is -0.478 e. The van der Waals surface area contributed by atoms with Crippen LogP contribution in [0.2, 0.25) is 5.02 Å². The molecule has 0 fully saturated rings. The van der Waals surface area contributed by atoms with Gasteiger partial charge in [-0.1, -0.05) is 25.4 Å². The van der Waals surface area contributed by atoms with Crippen molar-refractivity contribution in [2.45, 2.75) is 19.8 Å². The maximum Gasteiger partial charge on any atom is 0.337 e. The van der Waals surface area contributed by atoms with Crippen molar-refractivity contribution >= 4 is 29.1 Å². The van der Waals surface area contributed by atoms with Gasteiger partial charge in [-0.15, -0.1) is 0 Å². The van der Waals surface area contributed by atoms with Gasteiger partial charge in [0.2, 0.25) is 0 Å². The van der Waals surface area contributed by atoms with Crippen LogP contribution in [0.4, 0.5) is 0 Å². The lowest BCUT2D eigenvalue weighted by molar-refractivity contribution is 0.0696. The van der Waals surface area contributed by atoms with E-state index in [9.17, 15) is 4.79 Å². The van der Waals surface area contributed by atoms with E-state index in [-0.39, 0.29) is 16.5 Å². The number of halogens is 1. The normalized spacial score (nSPS) is 10.7. The van der Waals surface area contributed by atoms with Crippen molar-refractivity contribution in [1.82, 2.24) is 9.36 Å². The van der Waals surface area contributed by atoms with E-state index in [0.29, 0.717) is 16.8 Å². The van der Waals surface area contributed by atoms with E-state index in [2.05, 4.69) is 9.36 Å². The average molecular weight is 299 g/mol. The Labute approximate surface area is 119 Å². The highest BCUT2D eigenvalue weighted by Crippen LogP contribution is 2.28. The van der Waals surface area contributed by atoms with E-state index in [1.165, 1.54) is 12.1 Å². The zero-order valence-electron chi connectivity index (χ0n) is 10.3. The van der Waals surface area contributed by atoms with E-state index in [4.69, 9.17) is 21.4 Å². The second kappa shape index (κ2) is 5.54. The van der Waals surface area contributed by atoms with E-state index >= 15 is 0 Å². The fourth-order valence-electron chi connectivity index (χ4n) is 1.33. The van der Waals surface area contributed by atoms with Crippen LogP contribution in [0, 0.1) is 0 Å². The molecule has 0 spiro atoms. The second-order valence-electron chi connectivity index (χ2n) is 4.12. The number of carboxylic acids is 1. The molecular formula is C12H11ClN2O3S. The fraction of sp³-hybridized carbons (Fsp3) is 0.250. The number of nitrogens with zero attached hydrogens (tertiary/aromatic N) is 2. The minimum atomic E-state index is -1.10. The third-order valence-corrected chi connectivity index (χ3v) is 3.25. The highest BCUT2D eigenvalue weighted by Gasteiger charge is 2.13.